The van der Waals surface area contributed by atoms with Crippen LogP contribution in [0, 0.1) is 0 Å². The summed E-state index contributed by atoms with van der Waals surface area (Å²) in [5.41, 5.74) is 1.25. The lowest BCUT2D eigenvalue weighted by Crippen LogP contribution is -2.55. The molecule has 6 nitrogen and oxygen atoms in total. The zero-order valence-electron chi connectivity index (χ0n) is 16.7. The molecule has 2 aliphatic heterocycles. The molecule has 1 aromatic rings. The van der Waals surface area contributed by atoms with E-state index < -0.39 is 0 Å². The van der Waals surface area contributed by atoms with Crippen LogP contribution in [-0.2, 0) is 4.74 Å². The molecule has 1 N–H and O–H groups in total. The monoisotopic (exact) mass is 392 g/mol. The Balaban J connectivity index is 1.52. The summed E-state index contributed by atoms with van der Waals surface area (Å²) >= 11 is 1.96. The molecule has 0 bridgehead atoms. The van der Waals surface area contributed by atoms with Crippen molar-refractivity contribution in [2.75, 3.05) is 71.3 Å². The molecule has 2 heterocycles. The van der Waals surface area contributed by atoms with E-state index in [0.29, 0.717) is 0 Å². The zero-order valence-corrected chi connectivity index (χ0v) is 17.6. The van der Waals surface area contributed by atoms with Crippen LogP contribution < -0.4 is 15.0 Å². The number of benzene rings is 1. The van der Waals surface area contributed by atoms with Crippen molar-refractivity contribution in [1.29, 1.82) is 0 Å². The van der Waals surface area contributed by atoms with Crippen LogP contribution in [0.4, 0.5) is 5.69 Å². The number of aliphatic imine (C=N–C) groups is 1. The van der Waals surface area contributed by atoms with Crippen molar-refractivity contribution in [2.45, 2.75) is 17.6 Å². The number of thioether (sulfide) groups is 1. The van der Waals surface area contributed by atoms with E-state index in [1.54, 1.807) is 7.11 Å². The molecule has 3 rings (SSSR count). The second-order valence-corrected chi connectivity index (χ2v) is 8.35. The average Bonchev–Trinajstić information content (AvgIpc) is 2.75. The Hall–Kier alpha value is -1.60. The Morgan fingerprint density at radius 1 is 1.19 bits per heavy atom. The van der Waals surface area contributed by atoms with Gasteiger partial charge >= 0.3 is 0 Å². The predicted octanol–water partition coefficient (Wildman–Crippen LogP) is 2.30. The number of ether oxygens (including phenoxy) is 2. The SMILES string of the molecule is CN=C(NCC1(SC)CCOCC1)N1CCN(c2ccc(OC)cc2)CC1. The Kier molecular flexibility index (Phi) is 7.13. The second kappa shape index (κ2) is 9.55. The topological polar surface area (TPSA) is 49.3 Å². The molecule has 150 valence electrons. The molecule has 0 unspecified atom stereocenters. The Morgan fingerprint density at radius 2 is 1.85 bits per heavy atom. The van der Waals surface area contributed by atoms with Crippen LogP contribution in [0.2, 0.25) is 0 Å². The highest BCUT2D eigenvalue weighted by Crippen LogP contribution is 2.33. The first-order valence-corrected chi connectivity index (χ1v) is 10.9. The summed E-state index contributed by atoms with van der Waals surface area (Å²) in [6, 6.07) is 8.32. The fourth-order valence-electron chi connectivity index (χ4n) is 3.74. The van der Waals surface area contributed by atoms with E-state index in [4.69, 9.17) is 9.47 Å². The minimum Gasteiger partial charge on any atom is -0.497 e. The van der Waals surface area contributed by atoms with Crippen molar-refractivity contribution in [3.05, 3.63) is 24.3 Å². The molecule has 0 spiro atoms. The third-order valence-electron chi connectivity index (χ3n) is 5.63. The van der Waals surface area contributed by atoms with Crippen LogP contribution in [0.25, 0.3) is 0 Å². The van der Waals surface area contributed by atoms with Gasteiger partial charge in [-0.25, -0.2) is 0 Å². The molecule has 0 aromatic heterocycles. The molecule has 0 radical (unpaired) electrons. The van der Waals surface area contributed by atoms with Crippen LogP contribution >= 0.6 is 11.8 Å². The van der Waals surface area contributed by atoms with Gasteiger partial charge in [0.25, 0.3) is 0 Å². The number of hydrogen-bond acceptors (Lipinski definition) is 5. The maximum atomic E-state index is 5.55. The number of guanidine groups is 1. The van der Waals surface area contributed by atoms with Crippen molar-refractivity contribution in [2.24, 2.45) is 4.99 Å². The number of piperazine rings is 1. The zero-order chi connectivity index (χ0) is 19.1. The molecule has 27 heavy (non-hydrogen) atoms. The summed E-state index contributed by atoms with van der Waals surface area (Å²) in [4.78, 5) is 9.33. The minimum atomic E-state index is 0.263. The molecule has 0 atom stereocenters. The van der Waals surface area contributed by atoms with Gasteiger partial charge < -0.3 is 24.6 Å². The summed E-state index contributed by atoms with van der Waals surface area (Å²) in [6.07, 6.45) is 4.41. The number of methoxy groups -OCH3 is 1. The van der Waals surface area contributed by atoms with Crippen molar-refractivity contribution >= 4 is 23.4 Å². The van der Waals surface area contributed by atoms with E-state index in [9.17, 15) is 0 Å². The highest BCUT2D eigenvalue weighted by Gasteiger charge is 2.32. The number of nitrogens with one attached hydrogen (secondary N) is 1. The Morgan fingerprint density at radius 3 is 2.41 bits per heavy atom. The average molecular weight is 393 g/mol. The molecular formula is C20H32N4O2S. The smallest absolute Gasteiger partial charge is 0.193 e. The first kappa shape index (κ1) is 20.1. The summed E-state index contributed by atoms with van der Waals surface area (Å²) in [6.45, 7) is 6.61. The molecule has 0 saturated carbocycles. The predicted molar refractivity (Wildman–Crippen MR) is 114 cm³/mol. The quantitative estimate of drug-likeness (QED) is 0.613. The lowest BCUT2D eigenvalue weighted by molar-refractivity contribution is 0.0781. The van der Waals surface area contributed by atoms with Gasteiger partial charge in [0, 0.05) is 63.4 Å². The molecule has 0 amide bonds. The van der Waals surface area contributed by atoms with Crippen LogP contribution in [0.5, 0.6) is 5.75 Å². The minimum absolute atomic E-state index is 0.263. The van der Waals surface area contributed by atoms with Gasteiger partial charge in [-0.2, -0.15) is 11.8 Å². The van der Waals surface area contributed by atoms with Crippen molar-refractivity contribution < 1.29 is 9.47 Å². The highest BCUT2D eigenvalue weighted by molar-refractivity contribution is 8.00. The molecule has 2 saturated heterocycles. The number of rotatable bonds is 5. The fraction of sp³-hybridized carbons (Fsp3) is 0.650. The first-order chi connectivity index (χ1) is 13.2. The van der Waals surface area contributed by atoms with Crippen LogP contribution in [-0.4, -0.2) is 82.0 Å². The van der Waals surface area contributed by atoms with Crippen LogP contribution in [0.3, 0.4) is 0 Å². The highest BCUT2D eigenvalue weighted by atomic mass is 32.2. The molecule has 0 aliphatic carbocycles. The maximum Gasteiger partial charge on any atom is 0.193 e. The van der Waals surface area contributed by atoms with Gasteiger partial charge in [-0.05, 0) is 43.4 Å². The van der Waals surface area contributed by atoms with Gasteiger partial charge in [0.05, 0.1) is 7.11 Å². The third kappa shape index (κ3) is 5.02. The van der Waals surface area contributed by atoms with Crippen LogP contribution in [0.15, 0.2) is 29.3 Å². The fourth-order valence-corrected chi connectivity index (χ4v) is 4.53. The van der Waals surface area contributed by atoms with Gasteiger partial charge in [0.1, 0.15) is 5.75 Å². The largest absolute Gasteiger partial charge is 0.497 e. The number of anilines is 1. The van der Waals surface area contributed by atoms with E-state index >= 15 is 0 Å². The van der Waals surface area contributed by atoms with Gasteiger partial charge in [-0.15, -0.1) is 0 Å². The van der Waals surface area contributed by atoms with Crippen molar-refractivity contribution in [1.82, 2.24) is 10.2 Å². The third-order valence-corrected chi connectivity index (χ3v) is 7.05. The molecule has 2 fully saturated rings. The van der Waals surface area contributed by atoms with Gasteiger partial charge in [-0.1, -0.05) is 0 Å². The summed E-state index contributed by atoms with van der Waals surface area (Å²) in [7, 11) is 3.59. The normalized spacial score (nSPS) is 20.5. The van der Waals surface area contributed by atoms with Crippen molar-refractivity contribution in [3.8, 4) is 5.75 Å². The molecule has 1 aromatic carbocycles. The number of nitrogens with zero attached hydrogens (tertiary/aromatic N) is 3. The lowest BCUT2D eigenvalue weighted by atomic mass is 9.99. The molecule has 2 aliphatic rings. The van der Waals surface area contributed by atoms with Crippen molar-refractivity contribution in [3.63, 3.8) is 0 Å². The molecule has 7 heteroatoms. The van der Waals surface area contributed by atoms with Crippen LogP contribution in [0.1, 0.15) is 12.8 Å². The second-order valence-electron chi connectivity index (χ2n) is 7.07. The summed E-state index contributed by atoms with van der Waals surface area (Å²) in [5, 5.41) is 3.63. The van der Waals surface area contributed by atoms with E-state index in [2.05, 4.69) is 38.5 Å². The first-order valence-electron chi connectivity index (χ1n) is 9.67. The van der Waals surface area contributed by atoms with Gasteiger partial charge in [-0.3, -0.25) is 4.99 Å². The summed E-state index contributed by atoms with van der Waals surface area (Å²) in [5.74, 6) is 1.92. The maximum absolute atomic E-state index is 5.55. The standard InChI is InChI=1S/C20H32N4O2S/c1-21-19(22-16-20(27-3)8-14-26-15-9-20)24-12-10-23(11-13-24)17-4-6-18(25-2)7-5-17/h4-7H,8-16H2,1-3H3,(H,21,22). The Bertz CT molecular complexity index is 609. The summed E-state index contributed by atoms with van der Waals surface area (Å²) < 4.78 is 11.1. The van der Waals surface area contributed by atoms with E-state index in [1.165, 1.54) is 5.69 Å². The number of hydrogen-bond donors (Lipinski definition) is 1. The van der Waals surface area contributed by atoms with Gasteiger partial charge in [0.2, 0.25) is 0 Å². The lowest BCUT2D eigenvalue weighted by Gasteiger charge is -2.40. The van der Waals surface area contributed by atoms with E-state index in [0.717, 1.165) is 70.5 Å². The Labute approximate surface area is 167 Å². The van der Waals surface area contributed by atoms with E-state index in [-0.39, 0.29) is 4.75 Å². The molecular weight excluding hydrogens is 360 g/mol. The van der Waals surface area contributed by atoms with Gasteiger partial charge in [0.15, 0.2) is 5.96 Å². The van der Waals surface area contributed by atoms with E-state index in [1.807, 2.05) is 30.9 Å².